The molecule has 0 aliphatic carbocycles. The van der Waals surface area contributed by atoms with Crippen LogP contribution in [0.4, 0.5) is 0 Å². The zero-order valence-corrected chi connectivity index (χ0v) is 12.0. The monoisotopic (exact) mass is 296 g/mol. The van der Waals surface area contributed by atoms with Crippen molar-refractivity contribution in [3.63, 3.8) is 0 Å². The summed E-state index contributed by atoms with van der Waals surface area (Å²) < 4.78 is 5.46. The normalized spacial score (nSPS) is 20.0. The third kappa shape index (κ3) is 2.10. The zero-order chi connectivity index (χ0) is 15.1. The molecule has 1 amide bonds. The minimum absolute atomic E-state index is 0.0141. The van der Waals surface area contributed by atoms with Gasteiger partial charge in [-0.2, -0.15) is 0 Å². The quantitative estimate of drug-likeness (QED) is 0.838. The lowest BCUT2D eigenvalue weighted by Crippen LogP contribution is -2.31. The Labute approximate surface area is 128 Å². The van der Waals surface area contributed by atoms with Gasteiger partial charge in [-0.1, -0.05) is 12.1 Å². The van der Waals surface area contributed by atoms with Crippen LogP contribution in [0.15, 0.2) is 30.6 Å². The van der Waals surface area contributed by atoms with Gasteiger partial charge in [0.1, 0.15) is 6.10 Å². The highest BCUT2D eigenvalue weighted by Crippen LogP contribution is 2.33. The van der Waals surface area contributed by atoms with Crippen LogP contribution in [0.2, 0.25) is 0 Å². The Balaban J connectivity index is 1.83. The summed E-state index contributed by atoms with van der Waals surface area (Å²) in [5.74, 6) is -0.0141. The topological polar surface area (TPSA) is 71.5 Å². The second-order valence-corrected chi connectivity index (χ2v) is 5.66. The molecule has 22 heavy (non-hydrogen) atoms. The lowest BCUT2D eigenvalue weighted by atomic mass is 9.91. The molecule has 0 spiro atoms. The standard InChI is InChI=1S/C17H16N2O3/c20-16-9-22-8-15-13(6-18-7-14(15)16)10-1-2-12-11(5-10)3-4-19-17(12)21/h1-2,5-7,16,20H,3-4,8-9H2,(H,19,21). The first-order chi connectivity index (χ1) is 10.7. The Morgan fingerprint density at radius 2 is 2.18 bits per heavy atom. The van der Waals surface area contributed by atoms with Crippen LogP contribution in [0.5, 0.6) is 0 Å². The summed E-state index contributed by atoms with van der Waals surface area (Å²) in [7, 11) is 0. The summed E-state index contributed by atoms with van der Waals surface area (Å²) in [6.45, 7) is 1.45. The van der Waals surface area contributed by atoms with E-state index in [0.717, 1.165) is 39.8 Å². The molecule has 5 nitrogen and oxygen atoms in total. The van der Waals surface area contributed by atoms with Gasteiger partial charge < -0.3 is 15.2 Å². The molecule has 5 heteroatoms. The molecule has 0 fully saturated rings. The number of carbonyl (C=O) groups is 1. The maximum absolute atomic E-state index is 11.8. The van der Waals surface area contributed by atoms with E-state index in [1.54, 1.807) is 12.4 Å². The lowest BCUT2D eigenvalue weighted by molar-refractivity contribution is 0.00981. The lowest BCUT2D eigenvalue weighted by Gasteiger charge is -2.24. The Morgan fingerprint density at radius 1 is 1.27 bits per heavy atom. The minimum atomic E-state index is -0.625. The van der Waals surface area contributed by atoms with Gasteiger partial charge in [-0.15, -0.1) is 0 Å². The van der Waals surface area contributed by atoms with Crippen LogP contribution in [0.25, 0.3) is 11.1 Å². The molecule has 2 aliphatic rings. The molecule has 2 aromatic rings. The fourth-order valence-electron chi connectivity index (χ4n) is 3.16. The van der Waals surface area contributed by atoms with Crippen LogP contribution in [-0.4, -0.2) is 29.1 Å². The summed E-state index contributed by atoms with van der Waals surface area (Å²) in [6, 6.07) is 5.84. The van der Waals surface area contributed by atoms with Gasteiger partial charge in [-0.25, -0.2) is 0 Å². The van der Waals surface area contributed by atoms with Crippen LogP contribution < -0.4 is 5.32 Å². The van der Waals surface area contributed by atoms with E-state index in [0.29, 0.717) is 19.8 Å². The van der Waals surface area contributed by atoms with Crippen molar-refractivity contribution in [1.29, 1.82) is 0 Å². The van der Waals surface area contributed by atoms with Gasteiger partial charge in [0, 0.05) is 35.6 Å². The number of pyridine rings is 1. The van der Waals surface area contributed by atoms with Crippen molar-refractivity contribution >= 4 is 5.91 Å². The van der Waals surface area contributed by atoms with Crippen LogP contribution in [0.3, 0.4) is 0 Å². The van der Waals surface area contributed by atoms with Crippen molar-refractivity contribution < 1.29 is 14.6 Å². The predicted molar refractivity (Wildman–Crippen MR) is 80.3 cm³/mol. The number of nitrogens with one attached hydrogen (secondary N) is 1. The van der Waals surface area contributed by atoms with E-state index in [-0.39, 0.29) is 5.91 Å². The number of amides is 1. The number of nitrogens with zero attached hydrogens (tertiary/aromatic N) is 1. The van der Waals surface area contributed by atoms with Gasteiger partial charge in [0.25, 0.3) is 5.91 Å². The molecule has 2 aliphatic heterocycles. The molecule has 4 rings (SSSR count). The molecule has 3 heterocycles. The van der Waals surface area contributed by atoms with E-state index in [9.17, 15) is 9.90 Å². The van der Waals surface area contributed by atoms with E-state index < -0.39 is 6.10 Å². The summed E-state index contributed by atoms with van der Waals surface area (Å²) in [5, 5.41) is 12.9. The van der Waals surface area contributed by atoms with Crippen LogP contribution in [0.1, 0.15) is 33.2 Å². The SMILES string of the molecule is O=C1NCCc2cc(-c3cncc4c3COCC4O)ccc21. The Hall–Kier alpha value is -2.24. The molecule has 112 valence electrons. The average Bonchev–Trinajstić information content (AvgIpc) is 2.55. The molecule has 1 unspecified atom stereocenters. The first kappa shape index (κ1) is 13.4. The largest absolute Gasteiger partial charge is 0.386 e. The number of ether oxygens (including phenoxy) is 1. The number of fused-ring (bicyclic) bond motifs is 2. The van der Waals surface area contributed by atoms with Gasteiger partial charge in [-0.3, -0.25) is 9.78 Å². The Morgan fingerprint density at radius 3 is 3.09 bits per heavy atom. The number of aliphatic hydroxyl groups is 1. The molecule has 0 radical (unpaired) electrons. The number of hydrogen-bond acceptors (Lipinski definition) is 4. The minimum Gasteiger partial charge on any atom is -0.386 e. The maximum Gasteiger partial charge on any atom is 0.251 e. The first-order valence-corrected chi connectivity index (χ1v) is 7.38. The highest BCUT2D eigenvalue weighted by Gasteiger charge is 2.23. The number of aromatic nitrogens is 1. The fraction of sp³-hybridized carbons (Fsp3) is 0.294. The summed E-state index contributed by atoms with van der Waals surface area (Å²) in [5.41, 5.74) is 5.58. The van der Waals surface area contributed by atoms with Crippen molar-refractivity contribution in [3.05, 3.63) is 52.8 Å². The zero-order valence-electron chi connectivity index (χ0n) is 12.0. The van der Waals surface area contributed by atoms with Gasteiger partial charge >= 0.3 is 0 Å². The number of hydrogen-bond donors (Lipinski definition) is 2. The predicted octanol–water partition coefficient (Wildman–Crippen LogP) is 1.60. The maximum atomic E-state index is 11.8. The highest BCUT2D eigenvalue weighted by molar-refractivity contribution is 5.97. The van der Waals surface area contributed by atoms with E-state index >= 15 is 0 Å². The number of rotatable bonds is 1. The molecule has 1 aromatic carbocycles. The molecule has 0 bridgehead atoms. The Kier molecular flexibility index (Phi) is 3.17. The number of benzene rings is 1. The molecule has 1 atom stereocenters. The van der Waals surface area contributed by atoms with Crippen molar-refractivity contribution in [1.82, 2.24) is 10.3 Å². The molecule has 0 saturated heterocycles. The van der Waals surface area contributed by atoms with Crippen molar-refractivity contribution in [2.75, 3.05) is 13.2 Å². The number of aliphatic hydroxyl groups excluding tert-OH is 1. The third-order valence-electron chi connectivity index (χ3n) is 4.31. The van der Waals surface area contributed by atoms with Gasteiger partial charge in [0.2, 0.25) is 0 Å². The van der Waals surface area contributed by atoms with Crippen molar-refractivity contribution in [2.24, 2.45) is 0 Å². The van der Waals surface area contributed by atoms with Crippen LogP contribution in [-0.2, 0) is 17.8 Å². The summed E-state index contributed by atoms with van der Waals surface area (Å²) in [6.07, 6.45) is 3.71. The van der Waals surface area contributed by atoms with E-state index in [1.165, 1.54) is 0 Å². The molecule has 1 aromatic heterocycles. The second-order valence-electron chi connectivity index (χ2n) is 5.66. The second kappa shape index (κ2) is 5.19. The Bertz CT molecular complexity index is 758. The van der Waals surface area contributed by atoms with Gasteiger partial charge in [0.05, 0.1) is 13.2 Å². The molecular weight excluding hydrogens is 280 g/mol. The van der Waals surface area contributed by atoms with E-state index in [2.05, 4.69) is 10.3 Å². The summed E-state index contributed by atoms with van der Waals surface area (Å²) >= 11 is 0. The first-order valence-electron chi connectivity index (χ1n) is 7.38. The average molecular weight is 296 g/mol. The molecule has 2 N–H and O–H groups in total. The third-order valence-corrected chi connectivity index (χ3v) is 4.31. The van der Waals surface area contributed by atoms with E-state index in [1.807, 2.05) is 18.2 Å². The van der Waals surface area contributed by atoms with Crippen molar-refractivity contribution in [2.45, 2.75) is 19.1 Å². The molecular formula is C17H16N2O3. The van der Waals surface area contributed by atoms with Gasteiger partial charge in [-0.05, 0) is 29.2 Å². The van der Waals surface area contributed by atoms with E-state index in [4.69, 9.17) is 4.74 Å². The molecule has 0 saturated carbocycles. The number of carbonyl (C=O) groups excluding carboxylic acids is 1. The smallest absolute Gasteiger partial charge is 0.251 e. The van der Waals surface area contributed by atoms with Crippen molar-refractivity contribution in [3.8, 4) is 11.1 Å². The van der Waals surface area contributed by atoms with Crippen LogP contribution in [0, 0.1) is 0 Å². The van der Waals surface area contributed by atoms with Gasteiger partial charge in [0.15, 0.2) is 0 Å². The fourth-order valence-corrected chi connectivity index (χ4v) is 3.16. The summed E-state index contributed by atoms with van der Waals surface area (Å²) in [4.78, 5) is 16.1. The highest BCUT2D eigenvalue weighted by atomic mass is 16.5. The van der Waals surface area contributed by atoms with Crippen LogP contribution >= 0.6 is 0 Å².